The third-order valence-electron chi connectivity index (χ3n) is 1.05. The molecule has 0 aromatic rings. The SMILES string of the molecule is CCC(CC=O)N=[N+]=[N-]. The molecule has 50 valence electrons. The summed E-state index contributed by atoms with van der Waals surface area (Å²) in [4.78, 5) is 12.5. The van der Waals surface area contributed by atoms with Crippen molar-refractivity contribution in [2.75, 3.05) is 0 Å². The highest BCUT2D eigenvalue weighted by molar-refractivity contribution is 5.50. The van der Waals surface area contributed by atoms with E-state index in [0.717, 1.165) is 12.7 Å². The standard InChI is InChI=1S/C5H9N3O/c1-2-5(3-4-9)7-8-6/h4-5H,2-3H2,1H3. The highest BCUT2D eigenvalue weighted by atomic mass is 16.1. The Morgan fingerprint density at radius 3 is 2.89 bits per heavy atom. The van der Waals surface area contributed by atoms with Crippen LogP contribution in [0.5, 0.6) is 0 Å². The van der Waals surface area contributed by atoms with Crippen LogP contribution in [-0.2, 0) is 4.79 Å². The van der Waals surface area contributed by atoms with Crippen LogP contribution in [0.1, 0.15) is 19.8 Å². The number of aldehydes is 1. The van der Waals surface area contributed by atoms with Crippen molar-refractivity contribution in [3.05, 3.63) is 10.4 Å². The minimum atomic E-state index is -0.146. The van der Waals surface area contributed by atoms with Gasteiger partial charge in [-0.3, -0.25) is 0 Å². The van der Waals surface area contributed by atoms with E-state index in [4.69, 9.17) is 5.53 Å². The van der Waals surface area contributed by atoms with Gasteiger partial charge in [-0.2, -0.15) is 0 Å². The number of hydrogen-bond acceptors (Lipinski definition) is 2. The van der Waals surface area contributed by atoms with Gasteiger partial charge in [-0.1, -0.05) is 12.0 Å². The maximum atomic E-state index is 9.87. The molecular weight excluding hydrogens is 118 g/mol. The van der Waals surface area contributed by atoms with Crippen molar-refractivity contribution in [3.63, 3.8) is 0 Å². The zero-order valence-corrected chi connectivity index (χ0v) is 5.32. The summed E-state index contributed by atoms with van der Waals surface area (Å²) in [6.07, 6.45) is 1.83. The molecule has 0 aliphatic carbocycles. The molecule has 0 spiro atoms. The quantitative estimate of drug-likeness (QED) is 0.245. The first-order valence-electron chi connectivity index (χ1n) is 2.83. The fourth-order valence-corrected chi connectivity index (χ4v) is 0.480. The van der Waals surface area contributed by atoms with Crippen molar-refractivity contribution in [1.82, 2.24) is 0 Å². The summed E-state index contributed by atoms with van der Waals surface area (Å²) in [6.45, 7) is 1.88. The second-order valence-electron chi connectivity index (χ2n) is 1.67. The lowest BCUT2D eigenvalue weighted by Crippen LogP contribution is -2.00. The molecule has 0 heterocycles. The summed E-state index contributed by atoms with van der Waals surface area (Å²) in [6, 6.07) is -0.146. The summed E-state index contributed by atoms with van der Waals surface area (Å²) in [5.41, 5.74) is 7.94. The van der Waals surface area contributed by atoms with Gasteiger partial charge in [0, 0.05) is 17.4 Å². The minimum Gasteiger partial charge on any atom is -0.303 e. The fraction of sp³-hybridized carbons (Fsp3) is 0.800. The summed E-state index contributed by atoms with van der Waals surface area (Å²) < 4.78 is 0. The average Bonchev–Trinajstić information content (AvgIpc) is 1.88. The number of hydrogen-bond donors (Lipinski definition) is 0. The monoisotopic (exact) mass is 127 g/mol. The van der Waals surface area contributed by atoms with Crippen molar-refractivity contribution >= 4 is 6.29 Å². The Bertz CT molecular complexity index is 128. The predicted molar refractivity (Wildman–Crippen MR) is 33.9 cm³/mol. The normalized spacial score (nSPS) is 11.7. The number of rotatable bonds is 4. The van der Waals surface area contributed by atoms with Crippen molar-refractivity contribution in [2.45, 2.75) is 25.8 Å². The van der Waals surface area contributed by atoms with Gasteiger partial charge in [0.25, 0.3) is 0 Å². The molecule has 0 bridgehead atoms. The van der Waals surface area contributed by atoms with Crippen molar-refractivity contribution in [1.29, 1.82) is 0 Å². The van der Waals surface area contributed by atoms with Crippen LogP contribution in [0, 0.1) is 0 Å². The van der Waals surface area contributed by atoms with E-state index in [2.05, 4.69) is 10.0 Å². The number of azide groups is 1. The van der Waals surface area contributed by atoms with Crippen LogP contribution < -0.4 is 0 Å². The van der Waals surface area contributed by atoms with E-state index in [1.165, 1.54) is 0 Å². The minimum absolute atomic E-state index is 0.146. The van der Waals surface area contributed by atoms with Gasteiger partial charge in [-0.05, 0) is 12.0 Å². The maximum Gasteiger partial charge on any atom is 0.120 e. The molecule has 4 nitrogen and oxygen atoms in total. The van der Waals surface area contributed by atoms with Gasteiger partial charge in [0.1, 0.15) is 6.29 Å². The van der Waals surface area contributed by atoms with Crippen LogP contribution >= 0.6 is 0 Å². The molecule has 1 atom stereocenters. The number of carbonyl (C=O) groups excluding carboxylic acids is 1. The molecule has 0 aromatic carbocycles. The van der Waals surface area contributed by atoms with Crippen molar-refractivity contribution in [2.24, 2.45) is 5.11 Å². The molecule has 9 heavy (non-hydrogen) atoms. The lowest BCUT2D eigenvalue weighted by atomic mass is 10.2. The molecule has 0 radical (unpaired) electrons. The Balaban J connectivity index is 3.66. The van der Waals surface area contributed by atoms with Gasteiger partial charge in [-0.25, -0.2) is 0 Å². The molecule has 0 N–H and O–H groups in total. The molecule has 0 saturated carbocycles. The zero-order valence-electron chi connectivity index (χ0n) is 5.32. The average molecular weight is 127 g/mol. The van der Waals surface area contributed by atoms with Crippen LogP contribution in [0.3, 0.4) is 0 Å². The van der Waals surface area contributed by atoms with Gasteiger partial charge in [0.15, 0.2) is 0 Å². The van der Waals surface area contributed by atoms with Gasteiger partial charge >= 0.3 is 0 Å². The summed E-state index contributed by atoms with van der Waals surface area (Å²) >= 11 is 0. The van der Waals surface area contributed by atoms with E-state index in [1.54, 1.807) is 0 Å². The molecule has 0 fully saturated rings. The van der Waals surface area contributed by atoms with Crippen LogP contribution in [0.25, 0.3) is 10.4 Å². The lowest BCUT2D eigenvalue weighted by Gasteiger charge is -1.98. The molecule has 0 aromatic heterocycles. The second kappa shape index (κ2) is 5.12. The van der Waals surface area contributed by atoms with E-state index in [1.807, 2.05) is 6.92 Å². The van der Waals surface area contributed by atoms with Gasteiger partial charge in [0.05, 0.1) is 0 Å². The first-order valence-corrected chi connectivity index (χ1v) is 2.83. The summed E-state index contributed by atoms with van der Waals surface area (Å²) in [5, 5.41) is 3.38. The molecule has 0 rings (SSSR count). The molecule has 0 aliphatic heterocycles. The van der Waals surface area contributed by atoms with Crippen LogP contribution in [0.4, 0.5) is 0 Å². The van der Waals surface area contributed by atoms with E-state index in [0.29, 0.717) is 6.42 Å². The third kappa shape index (κ3) is 3.55. The third-order valence-corrected chi connectivity index (χ3v) is 1.05. The van der Waals surface area contributed by atoms with Gasteiger partial charge in [-0.15, -0.1) is 0 Å². The van der Waals surface area contributed by atoms with Gasteiger partial charge in [0.2, 0.25) is 0 Å². The molecule has 1 unspecified atom stereocenters. The maximum absolute atomic E-state index is 9.87. The van der Waals surface area contributed by atoms with Crippen LogP contribution in [-0.4, -0.2) is 12.3 Å². The molecule has 0 aliphatic rings. The zero-order chi connectivity index (χ0) is 7.11. The Kier molecular flexibility index (Phi) is 4.54. The van der Waals surface area contributed by atoms with E-state index < -0.39 is 0 Å². The van der Waals surface area contributed by atoms with E-state index in [9.17, 15) is 4.79 Å². The molecule has 0 saturated heterocycles. The number of nitrogens with zero attached hydrogens (tertiary/aromatic N) is 3. The smallest absolute Gasteiger partial charge is 0.120 e. The topological polar surface area (TPSA) is 65.8 Å². The van der Waals surface area contributed by atoms with Gasteiger partial charge < -0.3 is 4.79 Å². The largest absolute Gasteiger partial charge is 0.303 e. The first-order chi connectivity index (χ1) is 4.35. The van der Waals surface area contributed by atoms with Crippen molar-refractivity contribution in [3.8, 4) is 0 Å². The highest BCUT2D eigenvalue weighted by Gasteiger charge is 1.99. The first kappa shape index (κ1) is 7.98. The molecular formula is C5H9N3O. The second-order valence-corrected chi connectivity index (χ2v) is 1.67. The predicted octanol–water partition coefficient (Wildman–Crippen LogP) is 1.66. The Hall–Kier alpha value is -1.02. The molecule has 0 amide bonds. The van der Waals surface area contributed by atoms with E-state index >= 15 is 0 Å². The summed E-state index contributed by atoms with van der Waals surface area (Å²) in [7, 11) is 0. The Morgan fingerprint density at radius 2 is 2.56 bits per heavy atom. The lowest BCUT2D eigenvalue weighted by molar-refractivity contribution is -0.108. The van der Waals surface area contributed by atoms with Crippen LogP contribution in [0.15, 0.2) is 5.11 Å². The molecule has 4 heteroatoms. The van der Waals surface area contributed by atoms with E-state index in [-0.39, 0.29) is 6.04 Å². The fourth-order valence-electron chi connectivity index (χ4n) is 0.480. The highest BCUT2D eigenvalue weighted by Crippen LogP contribution is 1.99. The Morgan fingerprint density at radius 1 is 1.89 bits per heavy atom. The summed E-state index contributed by atoms with van der Waals surface area (Å²) in [5.74, 6) is 0. The number of carbonyl (C=O) groups is 1. The Labute approximate surface area is 53.5 Å². The van der Waals surface area contributed by atoms with Crippen molar-refractivity contribution < 1.29 is 4.79 Å². The van der Waals surface area contributed by atoms with Crippen LogP contribution in [0.2, 0.25) is 0 Å².